The number of hydrogen-bond acceptors (Lipinski definition) is 4. The van der Waals surface area contributed by atoms with E-state index in [9.17, 15) is 4.79 Å². The number of ether oxygens (including phenoxy) is 1. The molecule has 0 spiro atoms. The van der Waals surface area contributed by atoms with Gasteiger partial charge in [-0.15, -0.1) is 0 Å². The predicted molar refractivity (Wildman–Crippen MR) is 75.5 cm³/mol. The summed E-state index contributed by atoms with van der Waals surface area (Å²) in [6.45, 7) is 7.64. The van der Waals surface area contributed by atoms with Crippen LogP contribution in [0.2, 0.25) is 0 Å². The SMILES string of the molecule is CC1CCc2ncc(NC(=O)OC(C)(C)C)cc2N1. The van der Waals surface area contributed by atoms with Crippen molar-refractivity contribution in [3.8, 4) is 0 Å². The average Bonchev–Trinajstić information content (AvgIpc) is 2.25. The maximum atomic E-state index is 11.7. The van der Waals surface area contributed by atoms with E-state index in [2.05, 4.69) is 22.5 Å². The van der Waals surface area contributed by atoms with Crippen molar-refractivity contribution in [3.05, 3.63) is 18.0 Å². The monoisotopic (exact) mass is 263 g/mol. The number of fused-ring (bicyclic) bond motifs is 1. The van der Waals surface area contributed by atoms with Crippen molar-refractivity contribution >= 4 is 17.5 Å². The van der Waals surface area contributed by atoms with E-state index in [1.807, 2.05) is 26.8 Å². The minimum atomic E-state index is -0.502. The zero-order chi connectivity index (χ0) is 14.0. The van der Waals surface area contributed by atoms with Crippen LogP contribution in [0.1, 0.15) is 39.8 Å². The highest BCUT2D eigenvalue weighted by molar-refractivity contribution is 5.85. The zero-order valence-electron chi connectivity index (χ0n) is 11.9. The topological polar surface area (TPSA) is 63.2 Å². The van der Waals surface area contributed by atoms with Crippen molar-refractivity contribution in [2.45, 2.75) is 52.2 Å². The Kier molecular flexibility index (Phi) is 3.64. The van der Waals surface area contributed by atoms with Gasteiger partial charge in [-0.1, -0.05) is 0 Å². The largest absolute Gasteiger partial charge is 0.444 e. The number of anilines is 2. The molecule has 2 rings (SSSR count). The van der Waals surface area contributed by atoms with Crippen molar-refractivity contribution in [1.82, 2.24) is 4.98 Å². The van der Waals surface area contributed by atoms with Gasteiger partial charge in [0.1, 0.15) is 5.60 Å². The van der Waals surface area contributed by atoms with Crippen LogP contribution in [-0.4, -0.2) is 22.7 Å². The van der Waals surface area contributed by atoms with E-state index in [-0.39, 0.29) is 0 Å². The molecule has 2 heterocycles. The smallest absolute Gasteiger partial charge is 0.412 e. The zero-order valence-corrected chi connectivity index (χ0v) is 11.9. The molecule has 1 aromatic rings. The Hall–Kier alpha value is -1.78. The number of amides is 1. The third-order valence-electron chi connectivity index (χ3n) is 2.83. The molecule has 1 unspecified atom stereocenters. The van der Waals surface area contributed by atoms with Crippen molar-refractivity contribution in [1.29, 1.82) is 0 Å². The number of pyridine rings is 1. The molecule has 0 saturated carbocycles. The van der Waals surface area contributed by atoms with Crippen LogP contribution < -0.4 is 10.6 Å². The second kappa shape index (κ2) is 5.07. The van der Waals surface area contributed by atoms with Crippen molar-refractivity contribution in [2.75, 3.05) is 10.6 Å². The normalized spacial score (nSPS) is 18.2. The van der Waals surface area contributed by atoms with E-state index in [0.29, 0.717) is 11.7 Å². The molecule has 0 saturated heterocycles. The Morgan fingerprint density at radius 1 is 1.53 bits per heavy atom. The highest BCUT2D eigenvalue weighted by Gasteiger charge is 2.18. The van der Waals surface area contributed by atoms with E-state index in [1.54, 1.807) is 6.20 Å². The van der Waals surface area contributed by atoms with Crippen LogP contribution in [0.4, 0.5) is 16.2 Å². The summed E-state index contributed by atoms with van der Waals surface area (Å²) >= 11 is 0. The third kappa shape index (κ3) is 3.84. The summed E-state index contributed by atoms with van der Waals surface area (Å²) in [6, 6.07) is 2.34. The number of hydrogen-bond donors (Lipinski definition) is 2. The molecular weight excluding hydrogens is 242 g/mol. The maximum Gasteiger partial charge on any atom is 0.412 e. The van der Waals surface area contributed by atoms with Gasteiger partial charge in [-0.05, 0) is 46.6 Å². The van der Waals surface area contributed by atoms with Crippen LogP contribution in [-0.2, 0) is 11.2 Å². The highest BCUT2D eigenvalue weighted by Crippen LogP contribution is 2.25. The van der Waals surface area contributed by atoms with Crippen LogP contribution in [0.15, 0.2) is 12.3 Å². The van der Waals surface area contributed by atoms with Crippen LogP contribution in [0.5, 0.6) is 0 Å². The lowest BCUT2D eigenvalue weighted by molar-refractivity contribution is 0.0636. The van der Waals surface area contributed by atoms with Gasteiger partial charge in [0.25, 0.3) is 0 Å². The van der Waals surface area contributed by atoms with Gasteiger partial charge in [0, 0.05) is 6.04 Å². The molecule has 0 radical (unpaired) electrons. The molecule has 0 fully saturated rings. The molecule has 5 heteroatoms. The Morgan fingerprint density at radius 3 is 2.95 bits per heavy atom. The lowest BCUT2D eigenvalue weighted by Gasteiger charge is -2.24. The average molecular weight is 263 g/mol. The molecule has 1 amide bonds. The minimum Gasteiger partial charge on any atom is -0.444 e. The van der Waals surface area contributed by atoms with Crippen molar-refractivity contribution in [2.24, 2.45) is 0 Å². The first-order valence-electron chi connectivity index (χ1n) is 6.59. The summed E-state index contributed by atoms with van der Waals surface area (Å²) in [5.74, 6) is 0. The second-order valence-electron chi connectivity index (χ2n) is 5.93. The van der Waals surface area contributed by atoms with Crippen LogP contribution in [0.3, 0.4) is 0 Å². The van der Waals surface area contributed by atoms with Gasteiger partial charge in [0.2, 0.25) is 0 Å². The Labute approximate surface area is 113 Å². The number of aromatic nitrogens is 1. The van der Waals surface area contributed by atoms with Gasteiger partial charge in [0.05, 0.1) is 23.3 Å². The molecule has 0 bridgehead atoms. The molecule has 1 aliphatic heterocycles. The van der Waals surface area contributed by atoms with E-state index in [1.165, 1.54) is 0 Å². The second-order valence-corrected chi connectivity index (χ2v) is 5.93. The summed E-state index contributed by atoms with van der Waals surface area (Å²) in [6.07, 6.45) is 3.26. The van der Waals surface area contributed by atoms with Gasteiger partial charge < -0.3 is 10.1 Å². The van der Waals surface area contributed by atoms with Crippen LogP contribution >= 0.6 is 0 Å². The fourth-order valence-electron chi connectivity index (χ4n) is 2.00. The number of nitrogens with one attached hydrogen (secondary N) is 2. The molecule has 1 aromatic heterocycles. The molecule has 2 N–H and O–H groups in total. The lowest BCUT2D eigenvalue weighted by atomic mass is 10.0. The van der Waals surface area contributed by atoms with E-state index in [4.69, 9.17) is 4.74 Å². The van der Waals surface area contributed by atoms with Gasteiger partial charge in [-0.2, -0.15) is 0 Å². The first-order chi connectivity index (χ1) is 8.83. The highest BCUT2D eigenvalue weighted by atomic mass is 16.6. The predicted octanol–water partition coefficient (Wildman–Crippen LogP) is 3.18. The van der Waals surface area contributed by atoms with Crippen LogP contribution in [0.25, 0.3) is 0 Å². The molecule has 1 atom stereocenters. The lowest BCUT2D eigenvalue weighted by Crippen LogP contribution is -2.27. The van der Waals surface area contributed by atoms with Gasteiger partial charge in [-0.3, -0.25) is 10.3 Å². The van der Waals surface area contributed by atoms with Gasteiger partial charge in [0.15, 0.2) is 0 Å². The number of aryl methyl sites for hydroxylation is 1. The molecule has 0 aromatic carbocycles. The summed E-state index contributed by atoms with van der Waals surface area (Å²) < 4.78 is 5.21. The van der Waals surface area contributed by atoms with Crippen LogP contribution in [0, 0.1) is 0 Å². The van der Waals surface area contributed by atoms with Crippen molar-refractivity contribution in [3.63, 3.8) is 0 Å². The fourth-order valence-corrected chi connectivity index (χ4v) is 2.00. The molecule has 19 heavy (non-hydrogen) atoms. The fraction of sp³-hybridized carbons (Fsp3) is 0.571. The summed E-state index contributed by atoms with van der Waals surface area (Å²) in [4.78, 5) is 16.0. The number of carbonyl (C=O) groups is 1. The summed E-state index contributed by atoms with van der Waals surface area (Å²) in [7, 11) is 0. The Morgan fingerprint density at radius 2 is 2.26 bits per heavy atom. The van der Waals surface area contributed by atoms with Crippen molar-refractivity contribution < 1.29 is 9.53 Å². The Bertz CT molecular complexity index is 480. The first kappa shape index (κ1) is 13.6. The standard InChI is InChI=1S/C14H21N3O2/c1-9-5-6-11-12(16-9)7-10(8-15-11)17-13(18)19-14(2,3)4/h7-9,16H,5-6H2,1-4H3,(H,17,18). The van der Waals surface area contributed by atoms with E-state index >= 15 is 0 Å². The quantitative estimate of drug-likeness (QED) is 0.817. The number of nitrogens with zero attached hydrogens (tertiary/aromatic N) is 1. The summed E-state index contributed by atoms with van der Waals surface area (Å²) in [5.41, 5.74) is 2.19. The molecule has 0 aliphatic carbocycles. The number of rotatable bonds is 1. The third-order valence-corrected chi connectivity index (χ3v) is 2.83. The molecular formula is C14H21N3O2. The van der Waals surface area contributed by atoms with E-state index in [0.717, 1.165) is 24.2 Å². The molecule has 104 valence electrons. The minimum absolute atomic E-state index is 0.436. The number of carbonyl (C=O) groups excluding carboxylic acids is 1. The first-order valence-corrected chi connectivity index (χ1v) is 6.59. The summed E-state index contributed by atoms with van der Waals surface area (Å²) in [5, 5.41) is 6.07. The van der Waals surface area contributed by atoms with E-state index < -0.39 is 11.7 Å². The molecule has 5 nitrogen and oxygen atoms in total. The maximum absolute atomic E-state index is 11.7. The Balaban J connectivity index is 2.06. The molecule has 1 aliphatic rings. The van der Waals surface area contributed by atoms with Gasteiger partial charge >= 0.3 is 6.09 Å². The van der Waals surface area contributed by atoms with Gasteiger partial charge in [-0.25, -0.2) is 4.79 Å².